The van der Waals surface area contributed by atoms with Crippen molar-refractivity contribution in [3.05, 3.63) is 12.7 Å². The minimum Gasteiger partial charge on any atom is -0.459 e. The Labute approximate surface area is 294 Å². The van der Waals surface area contributed by atoms with E-state index in [1.54, 1.807) is 14.0 Å². The van der Waals surface area contributed by atoms with Crippen LogP contribution in [0, 0.1) is 5.92 Å². The van der Waals surface area contributed by atoms with Crippen LogP contribution < -0.4 is 0 Å². The first kappa shape index (κ1) is 46.7. The van der Waals surface area contributed by atoms with E-state index in [0.29, 0.717) is 19.4 Å². The largest absolute Gasteiger partial charge is 0.459 e. The summed E-state index contributed by atoms with van der Waals surface area (Å²) in [5.41, 5.74) is -1.95. The number of carbonyl (C=O) groups excluding carboxylic acids is 1. The summed E-state index contributed by atoms with van der Waals surface area (Å²) in [6.07, 6.45) is 2.54. The number of hydrogen-bond acceptors (Lipinski definition) is 7. The Balaban J connectivity index is 6.81. The fraction of sp³-hybridized carbons (Fsp3) is 0.919. The van der Waals surface area contributed by atoms with E-state index in [0.717, 1.165) is 31.0 Å². The summed E-state index contributed by atoms with van der Waals surface area (Å²) in [5.74, 6) is -0.970. The number of methoxy groups -OCH3 is 1. The first-order valence-electron chi connectivity index (χ1n) is 18.3. The molecular weight excluding hydrogens is 641 g/mol. The van der Waals surface area contributed by atoms with Gasteiger partial charge in [-0.3, -0.25) is 4.79 Å². The first-order valence-corrected chi connectivity index (χ1v) is 26.6. The fourth-order valence-corrected chi connectivity index (χ4v) is 10.8. The monoisotopic (exact) mass is 719 g/mol. The highest BCUT2D eigenvalue weighted by Crippen LogP contribution is 2.42. The molecule has 0 amide bonds. The van der Waals surface area contributed by atoms with Gasteiger partial charge in [0.25, 0.3) is 0 Å². The molecule has 0 saturated carbocycles. The van der Waals surface area contributed by atoms with Crippen LogP contribution in [0.25, 0.3) is 0 Å². The van der Waals surface area contributed by atoms with Crippen molar-refractivity contribution in [2.75, 3.05) is 13.7 Å². The van der Waals surface area contributed by atoms with Gasteiger partial charge in [-0.05, 0) is 94.4 Å². The Morgan fingerprint density at radius 1 is 0.830 bits per heavy atom. The maximum Gasteiger partial charge on any atom is 0.311 e. The van der Waals surface area contributed by atoms with Crippen molar-refractivity contribution < 1.29 is 32.7 Å². The van der Waals surface area contributed by atoms with Crippen LogP contribution in [0.5, 0.6) is 0 Å². The van der Waals surface area contributed by atoms with E-state index in [1.807, 2.05) is 13.8 Å². The molecule has 0 unspecified atom stereocenters. The minimum absolute atomic E-state index is 0.0654. The molecule has 0 rings (SSSR count). The van der Waals surface area contributed by atoms with Crippen LogP contribution in [-0.4, -0.2) is 79.3 Å². The zero-order valence-corrected chi connectivity index (χ0v) is 37.1. The lowest BCUT2D eigenvalue weighted by molar-refractivity contribution is -0.169. The molecule has 0 aliphatic rings. The SMILES string of the molecule is C=C[C@](C)(O)[C@@H](CC)OC(=O)[C@H](C)[C@H](C[C@@H](O[Si](CC)(CC)CC)[C@@](C)(CCCO[Si](C)(C)C(C)(C)C)OC)O[Si](C)(C)C(C)(C)C. The van der Waals surface area contributed by atoms with Gasteiger partial charge in [0.15, 0.2) is 25.0 Å². The summed E-state index contributed by atoms with van der Waals surface area (Å²) < 4.78 is 33.4. The normalized spacial score (nSPS) is 18.9. The van der Waals surface area contributed by atoms with Crippen molar-refractivity contribution in [1.29, 1.82) is 0 Å². The molecule has 0 aliphatic heterocycles. The molecule has 0 aromatic heterocycles. The topological polar surface area (TPSA) is 83.5 Å². The van der Waals surface area contributed by atoms with Gasteiger partial charge in [0, 0.05) is 20.1 Å². The highest BCUT2D eigenvalue weighted by molar-refractivity contribution is 6.74. The second kappa shape index (κ2) is 18.2. The molecule has 0 aromatic rings. The van der Waals surface area contributed by atoms with Crippen LogP contribution >= 0.6 is 0 Å². The molecule has 6 atom stereocenters. The van der Waals surface area contributed by atoms with E-state index >= 15 is 0 Å². The molecule has 0 radical (unpaired) electrons. The van der Waals surface area contributed by atoms with Crippen molar-refractivity contribution in [3.8, 4) is 0 Å². The molecule has 47 heavy (non-hydrogen) atoms. The summed E-state index contributed by atoms with van der Waals surface area (Å²) in [5, 5.41) is 11.0. The molecule has 7 nitrogen and oxygen atoms in total. The van der Waals surface area contributed by atoms with E-state index in [2.05, 4.69) is 102 Å². The summed E-state index contributed by atoms with van der Waals surface area (Å²) in [4.78, 5) is 13.9. The third kappa shape index (κ3) is 13.1. The zero-order valence-electron chi connectivity index (χ0n) is 34.1. The third-order valence-electron chi connectivity index (χ3n) is 11.9. The lowest BCUT2D eigenvalue weighted by Gasteiger charge is -2.46. The quantitative estimate of drug-likeness (QED) is 0.0516. The fourth-order valence-electron chi connectivity index (χ4n) is 5.35. The number of ether oxygens (including phenoxy) is 2. The molecule has 0 fully saturated rings. The highest BCUT2D eigenvalue weighted by atomic mass is 28.4. The number of esters is 1. The third-order valence-corrected chi connectivity index (χ3v) is 25.6. The van der Waals surface area contributed by atoms with Crippen LogP contribution in [0.3, 0.4) is 0 Å². The molecule has 1 N–H and O–H groups in total. The average Bonchev–Trinajstić information content (AvgIpc) is 2.97. The van der Waals surface area contributed by atoms with Gasteiger partial charge in [0.1, 0.15) is 11.7 Å². The van der Waals surface area contributed by atoms with Crippen LogP contribution in [0.15, 0.2) is 12.7 Å². The van der Waals surface area contributed by atoms with Crippen LogP contribution in [0.4, 0.5) is 0 Å². The van der Waals surface area contributed by atoms with Crippen molar-refractivity contribution in [2.45, 2.75) is 200 Å². The Morgan fingerprint density at radius 2 is 1.32 bits per heavy atom. The van der Waals surface area contributed by atoms with Crippen LogP contribution in [0.1, 0.15) is 116 Å². The van der Waals surface area contributed by atoms with Gasteiger partial charge < -0.3 is 27.9 Å². The summed E-state index contributed by atoms with van der Waals surface area (Å²) in [7, 11) is -4.54. The van der Waals surface area contributed by atoms with Gasteiger partial charge >= 0.3 is 5.97 Å². The minimum atomic E-state index is -2.33. The van der Waals surface area contributed by atoms with Gasteiger partial charge in [-0.2, -0.15) is 0 Å². The summed E-state index contributed by atoms with van der Waals surface area (Å²) in [6, 6.07) is 3.01. The molecular formula is C37H78O7Si3. The summed E-state index contributed by atoms with van der Waals surface area (Å²) in [6.45, 7) is 41.2. The Hall–Kier alpha value is -0.339. The first-order chi connectivity index (χ1) is 21.2. The van der Waals surface area contributed by atoms with Crippen molar-refractivity contribution in [1.82, 2.24) is 0 Å². The van der Waals surface area contributed by atoms with Gasteiger partial charge in [-0.15, -0.1) is 6.58 Å². The van der Waals surface area contributed by atoms with Gasteiger partial charge in [-0.25, -0.2) is 0 Å². The van der Waals surface area contributed by atoms with Gasteiger partial charge in [-0.1, -0.05) is 75.3 Å². The number of rotatable bonds is 22. The molecule has 10 heteroatoms. The average molecular weight is 719 g/mol. The number of carbonyl (C=O) groups is 1. The number of aliphatic hydroxyl groups is 1. The van der Waals surface area contributed by atoms with Crippen molar-refractivity contribution >= 4 is 30.9 Å². The maximum absolute atomic E-state index is 13.9. The molecule has 0 spiro atoms. The molecule has 0 saturated heterocycles. The van der Waals surface area contributed by atoms with E-state index in [9.17, 15) is 9.90 Å². The van der Waals surface area contributed by atoms with Crippen LogP contribution in [-0.2, 0) is 27.5 Å². The van der Waals surface area contributed by atoms with E-state index in [1.165, 1.54) is 6.08 Å². The lowest BCUT2D eigenvalue weighted by atomic mass is 9.87. The highest BCUT2D eigenvalue weighted by Gasteiger charge is 2.47. The van der Waals surface area contributed by atoms with Crippen molar-refractivity contribution in [2.24, 2.45) is 5.92 Å². The van der Waals surface area contributed by atoms with Gasteiger partial charge in [0.05, 0.1) is 23.7 Å². The Morgan fingerprint density at radius 3 is 1.70 bits per heavy atom. The maximum atomic E-state index is 13.9. The molecule has 0 aromatic carbocycles. The Bertz CT molecular complexity index is 942. The smallest absolute Gasteiger partial charge is 0.311 e. The molecule has 280 valence electrons. The molecule has 0 aliphatic carbocycles. The molecule has 0 bridgehead atoms. The van der Waals surface area contributed by atoms with E-state index in [4.69, 9.17) is 22.8 Å². The second-order valence-corrected chi connectivity index (χ2v) is 31.6. The lowest BCUT2D eigenvalue weighted by Crippen LogP contribution is -2.55. The standard InChI is InChI=1S/C37H78O7Si3/c1-20-31(36(13,39)21-2)42-33(38)29(6)30(43-46(18,19)35(10,11)12)28-32(44-47(22-3,23-4)24-5)37(14,40-15)26-25-27-41-45(16,17)34(7,8)9/h21,29-32,39H,2,20,22-28H2,1,3-19H3/t29-,30+,31-,32-,36+,37-/m1/s1. The second-order valence-electron chi connectivity index (χ2n) is 17.3. The summed E-state index contributed by atoms with van der Waals surface area (Å²) >= 11 is 0. The molecule has 0 heterocycles. The predicted molar refractivity (Wildman–Crippen MR) is 207 cm³/mol. The van der Waals surface area contributed by atoms with E-state index in [-0.39, 0.29) is 22.1 Å². The predicted octanol–water partition coefficient (Wildman–Crippen LogP) is 10.3. The zero-order chi connectivity index (χ0) is 37.3. The van der Waals surface area contributed by atoms with Gasteiger partial charge in [0.2, 0.25) is 0 Å². The van der Waals surface area contributed by atoms with Crippen LogP contribution in [0.2, 0.25) is 54.4 Å². The van der Waals surface area contributed by atoms with E-state index < -0.39 is 54.3 Å². The Kier molecular flexibility index (Phi) is 18.1. The van der Waals surface area contributed by atoms with Crippen molar-refractivity contribution in [3.63, 3.8) is 0 Å². The number of hydrogen-bond donors (Lipinski definition) is 1.